The summed E-state index contributed by atoms with van der Waals surface area (Å²) < 4.78 is 0. The fraction of sp³-hybridized carbons (Fsp3) is 0.875. The normalized spacial score (nSPS) is 26.8. The predicted octanol–water partition coefficient (Wildman–Crippen LogP) is 0.204. The van der Waals surface area contributed by atoms with Crippen LogP contribution in [0.5, 0.6) is 0 Å². The Morgan fingerprint density at radius 2 is 2.45 bits per heavy atom. The van der Waals surface area contributed by atoms with Crippen LogP contribution in [0, 0.1) is 5.92 Å². The van der Waals surface area contributed by atoms with Gasteiger partial charge >= 0.3 is 0 Å². The molecule has 0 spiro atoms. The Morgan fingerprint density at radius 3 is 3.00 bits per heavy atom. The molecule has 1 saturated heterocycles. The molecule has 0 bridgehead atoms. The quantitative estimate of drug-likeness (QED) is 0.621. The van der Waals surface area contributed by atoms with Crippen molar-refractivity contribution in [3.63, 3.8) is 0 Å². The van der Waals surface area contributed by atoms with Crippen molar-refractivity contribution >= 4 is 5.91 Å². The number of rotatable bonds is 2. The lowest BCUT2D eigenvalue weighted by molar-refractivity contribution is -0.119. The zero-order valence-electron chi connectivity index (χ0n) is 7.05. The van der Waals surface area contributed by atoms with Gasteiger partial charge in [0, 0.05) is 6.54 Å². The number of hydrogen-bond acceptors (Lipinski definition) is 2. The monoisotopic (exact) mass is 156 g/mol. The highest BCUT2D eigenvalue weighted by atomic mass is 16.1. The van der Waals surface area contributed by atoms with Crippen LogP contribution in [-0.4, -0.2) is 30.4 Å². The fourth-order valence-corrected chi connectivity index (χ4v) is 1.65. The van der Waals surface area contributed by atoms with Gasteiger partial charge in [-0.15, -0.1) is 0 Å². The maximum absolute atomic E-state index is 10.6. The molecule has 0 radical (unpaired) electrons. The second kappa shape index (κ2) is 3.72. The number of primary amides is 1. The fourth-order valence-electron chi connectivity index (χ4n) is 1.65. The van der Waals surface area contributed by atoms with Crippen molar-refractivity contribution in [1.29, 1.82) is 0 Å². The van der Waals surface area contributed by atoms with E-state index in [-0.39, 0.29) is 5.91 Å². The summed E-state index contributed by atoms with van der Waals surface area (Å²) in [6.45, 7) is 4.72. The minimum atomic E-state index is -0.209. The molecule has 3 nitrogen and oxygen atoms in total. The molecule has 1 heterocycles. The number of hydrogen-bond donors (Lipinski definition) is 1. The molecule has 1 atom stereocenters. The molecule has 2 N–H and O–H groups in total. The van der Waals surface area contributed by atoms with Gasteiger partial charge < -0.3 is 5.73 Å². The average molecular weight is 156 g/mol. The molecule has 0 aliphatic carbocycles. The van der Waals surface area contributed by atoms with Crippen LogP contribution in [0.2, 0.25) is 0 Å². The van der Waals surface area contributed by atoms with Crippen molar-refractivity contribution in [2.75, 3.05) is 19.6 Å². The van der Waals surface area contributed by atoms with Gasteiger partial charge in [0.25, 0.3) is 0 Å². The Bertz CT molecular complexity index is 147. The van der Waals surface area contributed by atoms with E-state index < -0.39 is 0 Å². The Kier molecular flexibility index (Phi) is 2.88. The molecule has 1 fully saturated rings. The highest BCUT2D eigenvalue weighted by molar-refractivity contribution is 5.75. The van der Waals surface area contributed by atoms with E-state index in [2.05, 4.69) is 11.8 Å². The predicted molar refractivity (Wildman–Crippen MR) is 44.0 cm³/mol. The van der Waals surface area contributed by atoms with Crippen LogP contribution in [-0.2, 0) is 4.79 Å². The van der Waals surface area contributed by atoms with Crippen LogP contribution in [0.3, 0.4) is 0 Å². The highest BCUT2D eigenvalue weighted by Gasteiger charge is 2.16. The molecule has 1 rings (SSSR count). The van der Waals surface area contributed by atoms with E-state index in [1.807, 2.05) is 0 Å². The van der Waals surface area contributed by atoms with Crippen LogP contribution in [0.1, 0.15) is 19.8 Å². The van der Waals surface area contributed by atoms with Crippen molar-refractivity contribution in [3.05, 3.63) is 0 Å². The number of piperidine rings is 1. The van der Waals surface area contributed by atoms with E-state index in [1.165, 1.54) is 12.8 Å². The molecule has 0 aromatic carbocycles. The summed E-state index contributed by atoms with van der Waals surface area (Å²) >= 11 is 0. The van der Waals surface area contributed by atoms with Crippen LogP contribution < -0.4 is 5.73 Å². The largest absolute Gasteiger partial charge is 0.369 e. The number of likely N-dealkylation sites (tertiary alicyclic amines) is 1. The molecule has 0 saturated carbocycles. The third-order valence-corrected chi connectivity index (χ3v) is 2.12. The van der Waals surface area contributed by atoms with Crippen LogP contribution in [0.15, 0.2) is 0 Å². The summed E-state index contributed by atoms with van der Waals surface area (Å²) in [6, 6.07) is 0. The summed E-state index contributed by atoms with van der Waals surface area (Å²) in [5, 5.41) is 0. The molecule has 1 aliphatic rings. The second-order valence-electron chi connectivity index (χ2n) is 3.45. The van der Waals surface area contributed by atoms with Gasteiger partial charge in [-0.2, -0.15) is 0 Å². The van der Waals surface area contributed by atoms with Gasteiger partial charge in [0.1, 0.15) is 0 Å². The molecule has 0 aromatic rings. The third-order valence-electron chi connectivity index (χ3n) is 2.12. The van der Waals surface area contributed by atoms with Crippen LogP contribution >= 0.6 is 0 Å². The molecular formula is C8H16N2O. The zero-order chi connectivity index (χ0) is 8.27. The topological polar surface area (TPSA) is 46.3 Å². The SMILES string of the molecule is CC1CCCN(CC(N)=O)C1. The molecule has 11 heavy (non-hydrogen) atoms. The van der Waals surface area contributed by atoms with E-state index in [0.29, 0.717) is 6.54 Å². The van der Waals surface area contributed by atoms with E-state index >= 15 is 0 Å². The van der Waals surface area contributed by atoms with E-state index in [0.717, 1.165) is 19.0 Å². The van der Waals surface area contributed by atoms with Crippen molar-refractivity contribution in [3.8, 4) is 0 Å². The van der Waals surface area contributed by atoms with Gasteiger partial charge in [-0.3, -0.25) is 9.69 Å². The van der Waals surface area contributed by atoms with Crippen molar-refractivity contribution in [2.24, 2.45) is 11.7 Å². The average Bonchev–Trinajstić information content (AvgIpc) is 1.85. The van der Waals surface area contributed by atoms with Crippen molar-refractivity contribution < 1.29 is 4.79 Å². The summed E-state index contributed by atoms with van der Waals surface area (Å²) in [7, 11) is 0. The molecule has 1 unspecified atom stereocenters. The summed E-state index contributed by atoms with van der Waals surface area (Å²) in [4.78, 5) is 12.7. The third kappa shape index (κ3) is 2.89. The minimum absolute atomic E-state index is 0.209. The molecule has 3 heteroatoms. The number of nitrogens with zero attached hydrogens (tertiary/aromatic N) is 1. The lowest BCUT2D eigenvalue weighted by Crippen LogP contribution is -2.40. The standard InChI is InChI=1S/C8H16N2O/c1-7-3-2-4-10(5-7)6-8(9)11/h7H,2-6H2,1H3,(H2,9,11). The first-order valence-electron chi connectivity index (χ1n) is 4.19. The van der Waals surface area contributed by atoms with Crippen molar-refractivity contribution in [1.82, 2.24) is 4.90 Å². The Labute approximate surface area is 67.5 Å². The van der Waals surface area contributed by atoms with Gasteiger partial charge in [-0.05, 0) is 25.3 Å². The second-order valence-corrected chi connectivity index (χ2v) is 3.45. The Hall–Kier alpha value is -0.570. The van der Waals surface area contributed by atoms with Crippen LogP contribution in [0.25, 0.3) is 0 Å². The molecule has 1 aliphatic heterocycles. The highest BCUT2D eigenvalue weighted by Crippen LogP contribution is 2.14. The molecule has 0 aromatic heterocycles. The smallest absolute Gasteiger partial charge is 0.231 e. The molecule has 64 valence electrons. The number of carbonyl (C=O) groups excluding carboxylic acids is 1. The van der Waals surface area contributed by atoms with Gasteiger partial charge in [-0.25, -0.2) is 0 Å². The Morgan fingerprint density at radius 1 is 1.73 bits per heavy atom. The zero-order valence-corrected chi connectivity index (χ0v) is 7.05. The summed E-state index contributed by atoms with van der Waals surface area (Å²) in [6.07, 6.45) is 2.49. The first-order chi connectivity index (χ1) is 5.18. The maximum atomic E-state index is 10.6. The lowest BCUT2D eigenvalue weighted by atomic mass is 10.0. The summed E-state index contributed by atoms with van der Waals surface area (Å²) in [5.41, 5.74) is 5.09. The van der Waals surface area contributed by atoms with Gasteiger partial charge in [-0.1, -0.05) is 6.92 Å². The van der Waals surface area contributed by atoms with E-state index in [4.69, 9.17) is 5.73 Å². The van der Waals surface area contributed by atoms with Gasteiger partial charge in [0.05, 0.1) is 6.54 Å². The minimum Gasteiger partial charge on any atom is -0.369 e. The van der Waals surface area contributed by atoms with Crippen LogP contribution in [0.4, 0.5) is 0 Å². The van der Waals surface area contributed by atoms with Gasteiger partial charge in [0.2, 0.25) is 5.91 Å². The van der Waals surface area contributed by atoms with E-state index in [1.54, 1.807) is 0 Å². The first-order valence-corrected chi connectivity index (χ1v) is 4.19. The number of amides is 1. The first kappa shape index (κ1) is 8.53. The Balaban J connectivity index is 2.28. The van der Waals surface area contributed by atoms with E-state index in [9.17, 15) is 4.79 Å². The number of nitrogens with two attached hydrogens (primary N) is 1. The number of carbonyl (C=O) groups is 1. The molecule has 1 amide bonds. The summed E-state index contributed by atoms with van der Waals surface area (Å²) in [5.74, 6) is 0.516. The maximum Gasteiger partial charge on any atom is 0.231 e. The van der Waals surface area contributed by atoms with Crippen molar-refractivity contribution in [2.45, 2.75) is 19.8 Å². The molecular weight excluding hydrogens is 140 g/mol. The van der Waals surface area contributed by atoms with Gasteiger partial charge in [0.15, 0.2) is 0 Å². The lowest BCUT2D eigenvalue weighted by Gasteiger charge is -2.29.